The van der Waals surface area contributed by atoms with Crippen molar-refractivity contribution in [3.8, 4) is 0 Å². The van der Waals surface area contributed by atoms with Gasteiger partial charge in [-0.1, -0.05) is 48.0 Å². The number of carbonyl (C=O) groups excluding carboxylic acids is 2. The van der Waals surface area contributed by atoms with Gasteiger partial charge in [-0.2, -0.15) is 5.10 Å². The van der Waals surface area contributed by atoms with E-state index in [0.29, 0.717) is 11.4 Å². The van der Waals surface area contributed by atoms with Crippen molar-refractivity contribution in [2.75, 3.05) is 5.32 Å². The number of nitrogens with one attached hydrogen (secondary N) is 2. The maximum absolute atomic E-state index is 13.0. The number of nitrogens with zero attached hydrogens (tertiary/aromatic N) is 2. The van der Waals surface area contributed by atoms with E-state index in [9.17, 15) is 9.59 Å². The van der Waals surface area contributed by atoms with Crippen LogP contribution in [-0.4, -0.2) is 27.6 Å². The summed E-state index contributed by atoms with van der Waals surface area (Å²) in [7, 11) is 1.81. The molecule has 2 amide bonds. The molecule has 2 heterocycles. The summed E-state index contributed by atoms with van der Waals surface area (Å²) in [5.74, 6) is -0.154. The molecule has 0 aliphatic carbocycles. The van der Waals surface area contributed by atoms with E-state index in [1.807, 2.05) is 45.2 Å². The Morgan fingerprint density at radius 2 is 1.86 bits per heavy atom. The Bertz CT molecular complexity index is 1060. The highest BCUT2D eigenvalue weighted by atomic mass is 16.2. The average Bonchev–Trinajstić information content (AvgIpc) is 2.96. The molecular weight excluding hydrogens is 352 g/mol. The number of benzene rings is 2. The fourth-order valence-electron chi connectivity index (χ4n) is 3.89. The number of hydrogen-bond donors (Lipinski definition) is 2. The average molecular weight is 374 g/mol. The van der Waals surface area contributed by atoms with E-state index in [1.165, 1.54) is 0 Å². The molecule has 6 heteroatoms. The first kappa shape index (κ1) is 18.0. The molecule has 2 atom stereocenters. The molecule has 1 aromatic heterocycles. The van der Waals surface area contributed by atoms with E-state index in [4.69, 9.17) is 0 Å². The lowest BCUT2D eigenvalue weighted by Gasteiger charge is -2.32. The third kappa shape index (κ3) is 3.07. The van der Waals surface area contributed by atoms with Crippen LogP contribution in [0.25, 0.3) is 0 Å². The molecule has 4 rings (SSSR count). The van der Waals surface area contributed by atoms with Crippen LogP contribution >= 0.6 is 0 Å². The Morgan fingerprint density at radius 1 is 1.11 bits per heavy atom. The van der Waals surface area contributed by atoms with Crippen molar-refractivity contribution in [1.82, 2.24) is 15.1 Å². The SMILES string of the molecule is Cc1cccc([C@@H]2c3c(C)nn(C)c3NC(=O)[C@H]2NC(=O)c2ccccc2)c1. The molecule has 0 unspecified atom stereocenters. The van der Waals surface area contributed by atoms with Crippen molar-refractivity contribution in [3.63, 3.8) is 0 Å². The molecule has 3 aromatic rings. The molecule has 1 aliphatic heterocycles. The monoisotopic (exact) mass is 374 g/mol. The molecule has 0 bridgehead atoms. The van der Waals surface area contributed by atoms with Crippen LogP contribution in [0.5, 0.6) is 0 Å². The van der Waals surface area contributed by atoms with Gasteiger partial charge in [0.05, 0.1) is 5.69 Å². The van der Waals surface area contributed by atoms with Crippen LogP contribution in [0, 0.1) is 13.8 Å². The van der Waals surface area contributed by atoms with E-state index in [2.05, 4.69) is 21.8 Å². The van der Waals surface area contributed by atoms with Crippen LogP contribution in [0.15, 0.2) is 54.6 Å². The molecule has 28 heavy (non-hydrogen) atoms. The predicted molar refractivity (Wildman–Crippen MR) is 107 cm³/mol. The summed E-state index contributed by atoms with van der Waals surface area (Å²) >= 11 is 0. The van der Waals surface area contributed by atoms with Crippen molar-refractivity contribution in [2.24, 2.45) is 7.05 Å². The van der Waals surface area contributed by atoms with Crippen molar-refractivity contribution in [2.45, 2.75) is 25.8 Å². The molecule has 142 valence electrons. The largest absolute Gasteiger partial charge is 0.339 e. The first-order valence-electron chi connectivity index (χ1n) is 9.22. The molecule has 0 radical (unpaired) electrons. The summed E-state index contributed by atoms with van der Waals surface area (Å²) in [6.45, 7) is 3.94. The fourth-order valence-corrected chi connectivity index (χ4v) is 3.89. The zero-order chi connectivity index (χ0) is 19.8. The van der Waals surface area contributed by atoms with Gasteiger partial charge in [-0.15, -0.1) is 0 Å². The molecule has 0 saturated heterocycles. The smallest absolute Gasteiger partial charge is 0.251 e. The quantitative estimate of drug-likeness (QED) is 0.740. The Hall–Kier alpha value is -3.41. The summed E-state index contributed by atoms with van der Waals surface area (Å²) in [5.41, 5.74) is 4.37. The molecule has 1 aliphatic rings. The van der Waals surface area contributed by atoms with Gasteiger partial charge in [0, 0.05) is 24.1 Å². The zero-order valence-corrected chi connectivity index (χ0v) is 16.1. The summed E-state index contributed by atoms with van der Waals surface area (Å²) < 4.78 is 1.68. The van der Waals surface area contributed by atoms with E-state index in [1.54, 1.807) is 28.9 Å². The van der Waals surface area contributed by atoms with Gasteiger partial charge in [-0.3, -0.25) is 14.3 Å². The lowest BCUT2D eigenvalue weighted by atomic mass is 9.81. The van der Waals surface area contributed by atoms with Gasteiger partial charge in [0.15, 0.2) is 0 Å². The molecule has 0 spiro atoms. The molecule has 0 saturated carbocycles. The van der Waals surface area contributed by atoms with Crippen LogP contribution < -0.4 is 10.6 Å². The van der Waals surface area contributed by atoms with Crippen LogP contribution in [0.1, 0.15) is 38.7 Å². The molecule has 2 aromatic carbocycles. The summed E-state index contributed by atoms with van der Waals surface area (Å²) in [6.07, 6.45) is 0. The topological polar surface area (TPSA) is 76.0 Å². The van der Waals surface area contributed by atoms with Crippen LogP contribution in [0.2, 0.25) is 0 Å². The van der Waals surface area contributed by atoms with Crippen LogP contribution in [0.3, 0.4) is 0 Å². The highest BCUT2D eigenvalue weighted by molar-refractivity contribution is 6.03. The number of fused-ring (bicyclic) bond motifs is 1. The number of anilines is 1. The number of hydrogen-bond acceptors (Lipinski definition) is 3. The maximum atomic E-state index is 13.0. The van der Waals surface area contributed by atoms with Gasteiger partial charge < -0.3 is 10.6 Å². The second-order valence-corrected chi connectivity index (χ2v) is 7.17. The van der Waals surface area contributed by atoms with Crippen molar-refractivity contribution >= 4 is 17.6 Å². The maximum Gasteiger partial charge on any atom is 0.251 e. The highest BCUT2D eigenvalue weighted by Gasteiger charge is 2.41. The summed E-state index contributed by atoms with van der Waals surface area (Å²) in [4.78, 5) is 25.8. The highest BCUT2D eigenvalue weighted by Crippen LogP contribution is 2.39. The second-order valence-electron chi connectivity index (χ2n) is 7.17. The normalized spacial score (nSPS) is 18.3. The minimum absolute atomic E-state index is 0.244. The lowest BCUT2D eigenvalue weighted by Crippen LogP contribution is -2.50. The van der Waals surface area contributed by atoms with E-state index in [0.717, 1.165) is 22.4 Å². The predicted octanol–water partition coefficient (Wildman–Crippen LogP) is 2.92. The first-order chi connectivity index (χ1) is 13.5. The van der Waals surface area contributed by atoms with Crippen molar-refractivity contribution < 1.29 is 9.59 Å². The Balaban J connectivity index is 1.80. The van der Waals surface area contributed by atoms with Gasteiger partial charge in [0.25, 0.3) is 5.91 Å². The number of amides is 2. The van der Waals surface area contributed by atoms with Gasteiger partial charge >= 0.3 is 0 Å². The van der Waals surface area contributed by atoms with Crippen LogP contribution in [-0.2, 0) is 11.8 Å². The molecule has 6 nitrogen and oxygen atoms in total. The van der Waals surface area contributed by atoms with Gasteiger partial charge in [0.2, 0.25) is 5.91 Å². The van der Waals surface area contributed by atoms with E-state index in [-0.39, 0.29) is 17.7 Å². The third-order valence-electron chi connectivity index (χ3n) is 5.16. The van der Waals surface area contributed by atoms with Crippen LogP contribution in [0.4, 0.5) is 5.82 Å². The molecule has 0 fully saturated rings. The number of aryl methyl sites for hydroxylation is 3. The summed E-state index contributed by atoms with van der Waals surface area (Å²) in [5, 5.41) is 10.3. The Morgan fingerprint density at radius 3 is 2.57 bits per heavy atom. The number of rotatable bonds is 3. The lowest BCUT2D eigenvalue weighted by molar-refractivity contribution is -0.118. The Labute approximate surface area is 163 Å². The van der Waals surface area contributed by atoms with E-state index >= 15 is 0 Å². The minimum Gasteiger partial charge on any atom is -0.339 e. The third-order valence-corrected chi connectivity index (χ3v) is 5.16. The minimum atomic E-state index is -0.732. The standard InChI is InChI=1S/C22H22N4O2/c1-13-8-7-11-16(12-13)18-17-14(2)25-26(3)20(17)24-22(28)19(18)23-21(27)15-9-5-4-6-10-15/h4-12,18-19H,1-3H3,(H,23,27)(H,24,28)/t18-,19+/m1/s1. The second kappa shape index (κ2) is 6.96. The van der Waals surface area contributed by atoms with Gasteiger partial charge in [-0.25, -0.2) is 0 Å². The fraction of sp³-hybridized carbons (Fsp3) is 0.227. The van der Waals surface area contributed by atoms with Crippen molar-refractivity contribution in [1.29, 1.82) is 0 Å². The molecular formula is C22H22N4O2. The Kier molecular flexibility index (Phi) is 4.47. The number of aromatic nitrogens is 2. The molecule has 2 N–H and O–H groups in total. The summed E-state index contributed by atoms with van der Waals surface area (Å²) in [6, 6.07) is 16.2. The van der Waals surface area contributed by atoms with E-state index < -0.39 is 6.04 Å². The first-order valence-corrected chi connectivity index (χ1v) is 9.22. The zero-order valence-electron chi connectivity index (χ0n) is 16.1. The van der Waals surface area contributed by atoms with Gasteiger partial charge in [-0.05, 0) is 31.5 Å². The number of carbonyl (C=O) groups is 2. The van der Waals surface area contributed by atoms with Crippen molar-refractivity contribution in [3.05, 3.63) is 82.5 Å². The van der Waals surface area contributed by atoms with Gasteiger partial charge in [0.1, 0.15) is 11.9 Å².